The van der Waals surface area contributed by atoms with E-state index < -0.39 is 0 Å². The second-order valence-corrected chi connectivity index (χ2v) is 1.49. The maximum atomic E-state index is 8.67. The van der Waals surface area contributed by atoms with Crippen LogP contribution in [0.15, 0.2) is 24.3 Å². The zero-order chi connectivity index (χ0) is 5.98. The van der Waals surface area contributed by atoms with E-state index in [1.807, 2.05) is 0 Å². The van der Waals surface area contributed by atoms with Crippen LogP contribution in [0, 0.1) is 0 Å². The molecule has 3 heteroatoms. The normalized spacial score (nSPS) is 8.00. The van der Waals surface area contributed by atoms with Crippen molar-refractivity contribution < 1.29 is 28.8 Å². The van der Waals surface area contributed by atoms with Gasteiger partial charge in [-0.25, -0.2) is 0 Å². The van der Waals surface area contributed by atoms with Gasteiger partial charge in [0.05, 0.1) is 0 Å². The molecule has 1 rings (SSSR count). The molecule has 0 amide bonds. The van der Waals surface area contributed by atoms with Crippen molar-refractivity contribution in [3.63, 3.8) is 0 Å². The van der Waals surface area contributed by atoms with Crippen LogP contribution in [-0.2, 0) is 18.6 Å². The molecule has 1 aromatic carbocycles. The molecule has 0 unspecified atom stereocenters. The first-order valence-corrected chi connectivity index (χ1v) is 2.27. The predicted molar refractivity (Wildman–Crippen MR) is 29.8 cm³/mol. The summed E-state index contributed by atoms with van der Waals surface area (Å²) < 4.78 is 0. The zero-order valence-electron chi connectivity index (χ0n) is 4.65. The van der Waals surface area contributed by atoms with E-state index in [2.05, 4.69) is 0 Å². The number of phenolic OH excluding ortho intramolecular Hbond substituents is 2. The number of hydrogen-bond donors (Lipinski definition) is 2. The van der Waals surface area contributed by atoms with E-state index in [4.69, 9.17) is 10.2 Å². The minimum atomic E-state index is -0.0764. The molecule has 1 radical (unpaired) electrons. The van der Waals surface area contributed by atoms with Crippen molar-refractivity contribution in [1.29, 1.82) is 0 Å². The maximum Gasteiger partial charge on any atom is 2.00 e. The molecule has 0 heterocycles. The van der Waals surface area contributed by atoms with Gasteiger partial charge in [0.25, 0.3) is 0 Å². The average Bonchev–Trinajstić information content (AvgIpc) is 1.77. The third-order valence-electron chi connectivity index (χ3n) is 0.882. The van der Waals surface area contributed by atoms with Crippen LogP contribution in [0.25, 0.3) is 0 Å². The van der Waals surface area contributed by atoms with Crippen LogP contribution in [0.1, 0.15) is 0 Å². The van der Waals surface area contributed by atoms with Gasteiger partial charge in [0.15, 0.2) is 11.5 Å². The number of rotatable bonds is 0. The Hall–Kier alpha value is -0.596. The fraction of sp³-hybridized carbons (Fsp3) is 0. The molecule has 0 saturated carbocycles. The largest absolute Gasteiger partial charge is 2.00 e. The summed E-state index contributed by atoms with van der Waals surface area (Å²) in [5, 5.41) is 17.3. The van der Waals surface area contributed by atoms with Crippen LogP contribution in [0.3, 0.4) is 0 Å². The van der Waals surface area contributed by atoms with Crippen molar-refractivity contribution >= 4 is 0 Å². The number of aromatic hydroxyl groups is 2. The molecule has 45 valence electrons. The topological polar surface area (TPSA) is 40.5 Å². The first-order chi connectivity index (χ1) is 3.80. The molecule has 0 aromatic heterocycles. The molecule has 0 aliphatic heterocycles. The molecule has 0 bridgehead atoms. The number of hydrogen-bond acceptors (Lipinski definition) is 2. The third kappa shape index (κ3) is 2.00. The van der Waals surface area contributed by atoms with Gasteiger partial charge in [0.2, 0.25) is 0 Å². The Kier molecular flexibility index (Phi) is 3.21. The van der Waals surface area contributed by atoms with E-state index in [0.29, 0.717) is 0 Å². The summed E-state index contributed by atoms with van der Waals surface area (Å²) in [4.78, 5) is 0. The van der Waals surface area contributed by atoms with Gasteiger partial charge >= 0.3 is 18.6 Å². The molecule has 0 spiro atoms. The molecule has 0 atom stereocenters. The number of phenols is 2. The Morgan fingerprint density at radius 1 is 0.889 bits per heavy atom. The zero-order valence-corrected chi connectivity index (χ0v) is 6.05. The van der Waals surface area contributed by atoms with Gasteiger partial charge < -0.3 is 10.2 Å². The Bertz CT molecular complexity index is 167. The predicted octanol–water partition coefficient (Wildman–Crippen LogP) is 1.10. The van der Waals surface area contributed by atoms with E-state index in [9.17, 15) is 0 Å². The molecule has 0 saturated heterocycles. The van der Waals surface area contributed by atoms with E-state index in [1.165, 1.54) is 12.1 Å². The Morgan fingerprint density at radius 3 is 1.44 bits per heavy atom. The molecular formula is C6H6O2V+2. The summed E-state index contributed by atoms with van der Waals surface area (Å²) in [5.74, 6) is -0.153. The van der Waals surface area contributed by atoms with E-state index in [-0.39, 0.29) is 30.1 Å². The van der Waals surface area contributed by atoms with Gasteiger partial charge in [0.1, 0.15) is 0 Å². The van der Waals surface area contributed by atoms with Crippen molar-refractivity contribution in [2.75, 3.05) is 0 Å². The smallest absolute Gasteiger partial charge is 0.504 e. The standard InChI is InChI=1S/C6H6O2.V/c7-5-3-1-2-4-6(5)8;/h1-4,7-8H;/q;+2. The molecule has 1 aromatic rings. The summed E-state index contributed by atoms with van der Waals surface area (Å²) in [6, 6.07) is 6.15. The Balaban J connectivity index is 0.000000640. The van der Waals surface area contributed by atoms with Crippen molar-refractivity contribution in [3.8, 4) is 11.5 Å². The Labute approximate surface area is 65.0 Å². The monoisotopic (exact) mass is 161 g/mol. The second-order valence-electron chi connectivity index (χ2n) is 1.49. The van der Waals surface area contributed by atoms with Gasteiger partial charge in [-0.3, -0.25) is 0 Å². The number of benzene rings is 1. The molecule has 2 nitrogen and oxygen atoms in total. The molecule has 9 heavy (non-hydrogen) atoms. The minimum Gasteiger partial charge on any atom is -0.504 e. The second kappa shape index (κ2) is 3.43. The molecular weight excluding hydrogens is 155 g/mol. The van der Waals surface area contributed by atoms with Crippen molar-refractivity contribution in [1.82, 2.24) is 0 Å². The van der Waals surface area contributed by atoms with Gasteiger partial charge in [-0.15, -0.1) is 0 Å². The number of para-hydroxylation sites is 2. The fourth-order valence-electron chi connectivity index (χ4n) is 0.464. The van der Waals surface area contributed by atoms with Crippen molar-refractivity contribution in [2.24, 2.45) is 0 Å². The average molecular weight is 161 g/mol. The maximum absolute atomic E-state index is 8.67. The van der Waals surface area contributed by atoms with Crippen molar-refractivity contribution in [3.05, 3.63) is 24.3 Å². The van der Waals surface area contributed by atoms with Crippen LogP contribution in [0.2, 0.25) is 0 Å². The van der Waals surface area contributed by atoms with E-state index in [1.54, 1.807) is 12.1 Å². The van der Waals surface area contributed by atoms with Gasteiger partial charge in [-0.05, 0) is 12.1 Å². The quantitative estimate of drug-likeness (QED) is 0.559. The SMILES string of the molecule is Oc1ccccc1O.[V+2]. The van der Waals surface area contributed by atoms with Crippen LogP contribution >= 0.6 is 0 Å². The third-order valence-corrected chi connectivity index (χ3v) is 0.882. The summed E-state index contributed by atoms with van der Waals surface area (Å²) in [7, 11) is 0. The minimum absolute atomic E-state index is 0. The van der Waals surface area contributed by atoms with Gasteiger partial charge in [-0.2, -0.15) is 0 Å². The van der Waals surface area contributed by atoms with Crippen molar-refractivity contribution in [2.45, 2.75) is 0 Å². The van der Waals surface area contributed by atoms with Crippen LogP contribution in [0.5, 0.6) is 11.5 Å². The summed E-state index contributed by atoms with van der Waals surface area (Å²) in [6.07, 6.45) is 0. The molecule has 2 N–H and O–H groups in total. The van der Waals surface area contributed by atoms with E-state index >= 15 is 0 Å². The molecule has 0 aliphatic carbocycles. The van der Waals surface area contributed by atoms with Gasteiger partial charge in [-0.1, -0.05) is 12.1 Å². The fourth-order valence-corrected chi connectivity index (χ4v) is 0.464. The van der Waals surface area contributed by atoms with Crippen LogP contribution in [-0.4, -0.2) is 10.2 Å². The first kappa shape index (κ1) is 8.40. The first-order valence-electron chi connectivity index (χ1n) is 2.27. The van der Waals surface area contributed by atoms with Gasteiger partial charge in [0, 0.05) is 0 Å². The summed E-state index contributed by atoms with van der Waals surface area (Å²) in [5.41, 5.74) is 0. The summed E-state index contributed by atoms with van der Waals surface area (Å²) >= 11 is 0. The van der Waals surface area contributed by atoms with Crippen LogP contribution in [0.4, 0.5) is 0 Å². The Morgan fingerprint density at radius 2 is 1.22 bits per heavy atom. The molecule has 0 aliphatic rings. The van der Waals surface area contributed by atoms with E-state index in [0.717, 1.165) is 0 Å². The summed E-state index contributed by atoms with van der Waals surface area (Å²) in [6.45, 7) is 0. The molecule has 0 fully saturated rings. The van der Waals surface area contributed by atoms with Crippen LogP contribution < -0.4 is 0 Å².